The lowest BCUT2D eigenvalue weighted by Crippen LogP contribution is -2.44. The molecule has 2 nitrogen and oxygen atoms in total. The zero-order chi connectivity index (χ0) is 15.4. The number of hydrogen-bond donors (Lipinski definition) is 2. The molecule has 21 heavy (non-hydrogen) atoms. The van der Waals surface area contributed by atoms with Crippen molar-refractivity contribution in [3.63, 3.8) is 0 Å². The van der Waals surface area contributed by atoms with Crippen molar-refractivity contribution in [2.75, 3.05) is 13.1 Å². The van der Waals surface area contributed by atoms with Gasteiger partial charge in [-0.05, 0) is 38.6 Å². The van der Waals surface area contributed by atoms with Crippen LogP contribution in [0.5, 0.6) is 0 Å². The first-order valence-electron chi connectivity index (χ1n) is 9.60. The summed E-state index contributed by atoms with van der Waals surface area (Å²) in [6, 6.07) is 0. The van der Waals surface area contributed by atoms with Gasteiger partial charge in [-0.15, -0.1) is 0 Å². The molecule has 0 amide bonds. The van der Waals surface area contributed by atoms with E-state index in [-0.39, 0.29) is 0 Å². The molecule has 2 atom stereocenters. The quantitative estimate of drug-likeness (QED) is 0.494. The molecule has 0 aliphatic carbocycles. The van der Waals surface area contributed by atoms with Gasteiger partial charge in [-0.25, -0.2) is 0 Å². The maximum atomic E-state index is 10.6. The van der Waals surface area contributed by atoms with E-state index in [1.807, 2.05) is 0 Å². The number of aliphatic hydroxyl groups is 1. The van der Waals surface area contributed by atoms with Crippen LogP contribution in [0.1, 0.15) is 97.3 Å². The van der Waals surface area contributed by atoms with Crippen molar-refractivity contribution < 1.29 is 5.11 Å². The Kier molecular flexibility index (Phi) is 10.4. The molecular weight excluding hydrogens is 258 g/mol. The summed E-state index contributed by atoms with van der Waals surface area (Å²) in [4.78, 5) is 0. The van der Waals surface area contributed by atoms with Crippen molar-refractivity contribution in [2.45, 2.75) is 103 Å². The van der Waals surface area contributed by atoms with Crippen molar-refractivity contribution in [2.24, 2.45) is 5.92 Å². The first-order chi connectivity index (χ1) is 10.2. The van der Waals surface area contributed by atoms with Crippen LogP contribution in [0.2, 0.25) is 0 Å². The highest BCUT2D eigenvalue weighted by Crippen LogP contribution is 2.29. The maximum Gasteiger partial charge on any atom is 0.0659 e. The summed E-state index contributed by atoms with van der Waals surface area (Å²) in [6.45, 7) is 6.46. The SMILES string of the molecule is CCCCCCCCCCCCC(C)(O)C1CCCNC1. The Bertz CT molecular complexity index is 234. The van der Waals surface area contributed by atoms with Crippen LogP contribution >= 0.6 is 0 Å². The normalized spacial score (nSPS) is 22.1. The molecule has 1 aliphatic rings. The van der Waals surface area contributed by atoms with E-state index in [0.29, 0.717) is 5.92 Å². The summed E-state index contributed by atoms with van der Waals surface area (Å²) in [5, 5.41) is 14.0. The van der Waals surface area contributed by atoms with Crippen molar-refractivity contribution >= 4 is 0 Å². The first-order valence-corrected chi connectivity index (χ1v) is 9.60. The largest absolute Gasteiger partial charge is 0.390 e. The van der Waals surface area contributed by atoms with Crippen LogP contribution in [0.4, 0.5) is 0 Å². The Morgan fingerprint density at radius 1 is 0.952 bits per heavy atom. The van der Waals surface area contributed by atoms with Gasteiger partial charge < -0.3 is 10.4 Å². The number of nitrogens with one attached hydrogen (secondary N) is 1. The number of piperidine rings is 1. The van der Waals surface area contributed by atoms with Gasteiger partial charge in [0, 0.05) is 6.54 Å². The second kappa shape index (κ2) is 11.5. The molecule has 1 rings (SSSR count). The Morgan fingerprint density at radius 2 is 1.52 bits per heavy atom. The van der Waals surface area contributed by atoms with Crippen molar-refractivity contribution in [1.29, 1.82) is 0 Å². The molecule has 0 aromatic heterocycles. The van der Waals surface area contributed by atoms with E-state index >= 15 is 0 Å². The van der Waals surface area contributed by atoms with Gasteiger partial charge in [0.25, 0.3) is 0 Å². The van der Waals surface area contributed by atoms with Gasteiger partial charge in [0.2, 0.25) is 0 Å². The van der Waals surface area contributed by atoms with Crippen LogP contribution in [0.15, 0.2) is 0 Å². The third-order valence-corrected chi connectivity index (χ3v) is 5.21. The lowest BCUT2D eigenvalue weighted by Gasteiger charge is -2.36. The topological polar surface area (TPSA) is 32.3 Å². The van der Waals surface area contributed by atoms with Gasteiger partial charge in [-0.1, -0.05) is 71.1 Å². The van der Waals surface area contributed by atoms with E-state index in [4.69, 9.17) is 0 Å². The number of unbranched alkanes of at least 4 members (excludes halogenated alkanes) is 9. The van der Waals surface area contributed by atoms with E-state index in [1.54, 1.807) is 0 Å². The average molecular weight is 298 g/mol. The zero-order valence-electron chi connectivity index (χ0n) is 14.6. The lowest BCUT2D eigenvalue weighted by atomic mass is 9.80. The summed E-state index contributed by atoms with van der Waals surface area (Å²) in [6.07, 6.45) is 17.1. The highest BCUT2D eigenvalue weighted by molar-refractivity contribution is 4.85. The van der Waals surface area contributed by atoms with E-state index in [1.165, 1.54) is 77.0 Å². The lowest BCUT2D eigenvalue weighted by molar-refractivity contribution is -0.0199. The van der Waals surface area contributed by atoms with Crippen LogP contribution in [0, 0.1) is 5.92 Å². The van der Waals surface area contributed by atoms with Gasteiger partial charge in [-0.2, -0.15) is 0 Å². The van der Waals surface area contributed by atoms with Crippen LogP contribution in [-0.2, 0) is 0 Å². The fraction of sp³-hybridized carbons (Fsp3) is 1.00. The smallest absolute Gasteiger partial charge is 0.0659 e. The molecule has 2 heteroatoms. The molecule has 0 aromatic carbocycles. The second-order valence-corrected chi connectivity index (χ2v) is 7.33. The minimum atomic E-state index is -0.451. The fourth-order valence-electron chi connectivity index (χ4n) is 3.56. The Labute approximate surface area is 133 Å². The molecule has 1 fully saturated rings. The summed E-state index contributed by atoms with van der Waals surface area (Å²) < 4.78 is 0. The van der Waals surface area contributed by atoms with E-state index < -0.39 is 5.60 Å². The predicted molar refractivity (Wildman–Crippen MR) is 92.7 cm³/mol. The van der Waals surface area contributed by atoms with Crippen molar-refractivity contribution in [3.05, 3.63) is 0 Å². The molecular formula is C19H39NO. The van der Waals surface area contributed by atoms with Crippen LogP contribution in [0.3, 0.4) is 0 Å². The van der Waals surface area contributed by atoms with Gasteiger partial charge in [0.05, 0.1) is 5.60 Å². The monoisotopic (exact) mass is 297 g/mol. The molecule has 2 N–H and O–H groups in total. The van der Waals surface area contributed by atoms with Crippen molar-refractivity contribution in [1.82, 2.24) is 5.32 Å². The molecule has 126 valence electrons. The molecule has 1 saturated heterocycles. The zero-order valence-corrected chi connectivity index (χ0v) is 14.6. The highest BCUT2D eigenvalue weighted by atomic mass is 16.3. The minimum absolute atomic E-state index is 0.451. The van der Waals surface area contributed by atoms with Gasteiger partial charge in [0.15, 0.2) is 0 Å². The molecule has 0 saturated carbocycles. The summed E-state index contributed by atoms with van der Waals surface area (Å²) >= 11 is 0. The average Bonchev–Trinajstić information content (AvgIpc) is 2.50. The van der Waals surface area contributed by atoms with Gasteiger partial charge in [-0.3, -0.25) is 0 Å². The standard InChI is InChI=1S/C19H39NO/c1-3-4-5-6-7-8-9-10-11-12-15-19(2,21)18-14-13-16-20-17-18/h18,20-21H,3-17H2,1-2H3. The van der Waals surface area contributed by atoms with Crippen LogP contribution < -0.4 is 5.32 Å². The molecule has 2 unspecified atom stereocenters. The first kappa shape index (κ1) is 19.0. The molecule has 0 spiro atoms. The summed E-state index contributed by atoms with van der Waals surface area (Å²) in [5.41, 5.74) is -0.451. The maximum absolute atomic E-state index is 10.6. The summed E-state index contributed by atoms with van der Waals surface area (Å²) in [7, 11) is 0. The van der Waals surface area contributed by atoms with Crippen molar-refractivity contribution in [3.8, 4) is 0 Å². The highest BCUT2D eigenvalue weighted by Gasteiger charge is 2.31. The summed E-state index contributed by atoms with van der Waals surface area (Å²) in [5.74, 6) is 0.463. The third-order valence-electron chi connectivity index (χ3n) is 5.21. The Hall–Kier alpha value is -0.0800. The molecule has 0 aromatic rings. The Balaban J connectivity index is 1.93. The van der Waals surface area contributed by atoms with Crippen LogP contribution in [0.25, 0.3) is 0 Å². The molecule has 1 aliphatic heterocycles. The van der Waals surface area contributed by atoms with Gasteiger partial charge >= 0.3 is 0 Å². The fourth-order valence-corrected chi connectivity index (χ4v) is 3.56. The van der Waals surface area contributed by atoms with E-state index in [9.17, 15) is 5.11 Å². The predicted octanol–water partition coefficient (Wildman–Crippen LogP) is 5.05. The number of rotatable bonds is 12. The molecule has 1 heterocycles. The number of hydrogen-bond acceptors (Lipinski definition) is 2. The van der Waals surface area contributed by atoms with Crippen LogP contribution in [-0.4, -0.2) is 23.8 Å². The molecule has 0 bridgehead atoms. The van der Waals surface area contributed by atoms with E-state index in [0.717, 1.165) is 19.5 Å². The van der Waals surface area contributed by atoms with E-state index in [2.05, 4.69) is 19.2 Å². The Morgan fingerprint density at radius 3 is 2.05 bits per heavy atom. The molecule has 0 radical (unpaired) electrons. The second-order valence-electron chi connectivity index (χ2n) is 7.33. The third kappa shape index (κ3) is 8.83. The van der Waals surface area contributed by atoms with Gasteiger partial charge in [0.1, 0.15) is 0 Å². The minimum Gasteiger partial charge on any atom is -0.390 e.